The number of hydrogen-bond donors (Lipinski definition) is 2. The van der Waals surface area contributed by atoms with Crippen molar-refractivity contribution in [2.24, 2.45) is 0 Å². The van der Waals surface area contributed by atoms with Crippen LogP contribution in [0, 0.1) is 19.3 Å². The van der Waals surface area contributed by atoms with Crippen LogP contribution in [0.3, 0.4) is 0 Å². The topological polar surface area (TPSA) is 50.4 Å². The van der Waals surface area contributed by atoms with Crippen LogP contribution in [-0.4, -0.2) is 26.1 Å². The zero-order chi connectivity index (χ0) is 14.3. The minimum absolute atomic E-state index is 0.0332. The Balaban J connectivity index is 2.74. The molecule has 0 fully saturated rings. The van der Waals surface area contributed by atoms with E-state index in [1.54, 1.807) is 0 Å². The van der Waals surface area contributed by atoms with Crippen molar-refractivity contribution in [3.05, 3.63) is 29.3 Å². The number of carbonyl (C=O) groups excluding carboxylic acids is 1. The molecule has 0 heterocycles. The van der Waals surface area contributed by atoms with Crippen molar-refractivity contribution in [1.29, 1.82) is 0 Å². The van der Waals surface area contributed by atoms with Crippen molar-refractivity contribution < 1.29 is 9.53 Å². The van der Waals surface area contributed by atoms with Crippen LogP contribution in [0.5, 0.6) is 5.75 Å². The molecule has 0 aliphatic carbocycles. The Morgan fingerprint density at radius 2 is 2.26 bits per heavy atom. The summed E-state index contributed by atoms with van der Waals surface area (Å²) in [7, 11) is 1.88. The highest BCUT2D eigenvalue weighted by Gasteiger charge is 2.11. The van der Waals surface area contributed by atoms with Crippen LogP contribution in [0.4, 0.5) is 0 Å². The van der Waals surface area contributed by atoms with Crippen molar-refractivity contribution in [2.45, 2.75) is 19.9 Å². The molecule has 1 rings (SSSR count). The average molecular weight is 260 g/mol. The second-order valence-corrected chi connectivity index (χ2v) is 4.32. The fourth-order valence-electron chi connectivity index (χ4n) is 1.62. The minimum atomic E-state index is -0.220. The lowest BCUT2D eigenvalue weighted by molar-refractivity contribution is -0.122. The molecule has 1 aromatic carbocycles. The summed E-state index contributed by atoms with van der Waals surface area (Å²) in [5.74, 6) is 2.85. The maximum absolute atomic E-state index is 11.5. The first kappa shape index (κ1) is 15.1. The molecule has 0 spiro atoms. The highest BCUT2D eigenvalue weighted by atomic mass is 16.5. The predicted octanol–water partition coefficient (Wildman–Crippen LogP) is 1.40. The summed E-state index contributed by atoms with van der Waals surface area (Å²) in [6.07, 6.45) is 5.07. The van der Waals surface area contributed by atoms with Crippen molar-refractivity contribution in [3.63, 3.8) is 0 Å². The number of aryl methyl sites for hydroxylation is 1. The Kier molecular flexibility index (Phi) is 5.91. The van der Waals surface area contributed by atoms with Gasteiger partial charge in [-0.2, -0.15) is 0 Å². The van der Waals surface area contributed by atoms with Gasteiger partial charge in [-0.05, 0) is 32.5 Å². The summed E-state index contributed by atoms with van der Waals surface area (Å²) in [5, 5.41) is 5.72. The molecule has 1 amide bonds. The quantitative estimate of drug-likeness (QED) is 0.760. The van der Waals surface area contributed by atoms with Crippen molar-refractivity contribution in [1.82, 2.24) is 10.6 Å². The van der Waals surface area contributed by atoms with Gasteiger partial charge in [0.1, 0.15) is 5.75 Å². The Labute approximate surface area is 114 Å². The molecule has 0 bridgehead atoms. The second kappa shape index (κ2) is 7.45. The fourth-order valence-corrected chi connectivity index (χ4v) is 1.62. The zero-order valence-corrected chi connectivity index (χ0v) is 11.6. The first-order valence-corrected chi connectivity index (χ1v) is 6.19. The standard InChI is InChI=1S/C15H20N2O2/c1-5-8-17-15(18)10-19-14-9-11(2)6-7-13(14)12(3)16-4/h1,6-7,9,12,16H,8,10H2,2-4H3,(H,17,18). The Hall–Kier alpha value is -1.99. The minimum Gasteiger partial charge on any atom is -0.483 e. The first-order valence-electron chi connectivity index (χ1n) is 6.19. The Morgan fingerprint density at radius 3 is 2.89 bits per heavy atom. The molecule has 19 heavy (non-hydrogen) atoms. The van der Waals surface area contributed by atoms with Crippen LogP contribution < -0.4 is 15.4 Å². The van der Waals surface area contributed by atoms with Gasteiger partial charge in [-0.1, -0.05) is 18.1 Å². The highest BCUT2D eigenvalue weighted by Crippen LogP contribution is 2.26. The predicted molar refractivity (Wildman–Crippen MR) is 76.0 cm³/mol. The molecule has 0 radical (unpaired) electrons. The van der Waals surface area contributed by atoms with Crippen LogP contribution >= 0.6 is 0 Å². The van der Waals surface area contributed by atoms with E-state index in [9.17, 15) is 4.79 Å². The number of carbonyl (C=O) groups is 1. The molecule has 2 N–H and O–H groups in total. The van der Waals surface area contributed by atoms with E-state index in [0.29, 0.717) is 0 Å². The maximum atomic E-state index is 11.5. The van der Waals surface area contributed by atoms with E-state index in [2.05, 4.69) is 16.6 Å². The summed E-state index contributed by atoms with van der Waals surface area (Å²) in [4.78, 5) is 11.5. The van der Waals surface area contributed by atoms with Crippen LogP contribution in [0.25, 0.3) is 0 Å². The normalized spacial score (nSPS) is 11.5. The van der Waals surface area contributed by atoms with Crippen molar-refractivity contribution in [3.8, 4) is 18.1 Å². The van der Waals surface area contributed by atoms with Gasteiger partial charge in [0.25, 0.3) is 5.91 Å². The molecule has 0 saturated heterocycles. The molecular weight excluding hydrogens is 240 g/mol. The zero-order valence-electron chi connectivity index (χ0n) is 11.6. The van der Waals surface area contributed by atoms with E-state index in [4.69, 9.17) is 11.2 Å². The number of terminal acetylenes is 1. The van der Waals surface area contributed by atoms with E-state index < -0.39 is 0 Å². The molecule has 0 saturated carbocycles. The fraction of sp³-hybridized carbons (Fsp3) is 0.400. The van der Waals surface area contributed by atoms with Gasteiger partial charge in [0.15, 0.2) is 6.61 Å². The molecule has 0 aliphatic rings. The lowest BCUT2D eigenvalue weighted by Gasteiger charge is -2.17. The third kappa shape index (κ3) is 4.65. The molecule has 4 heteroatoms. The summed E-state index contributed by atoms with van der Waals surface area (Å²) >= 11 is 0. The number of rotatable bonds is 6. The van der Waals surface area contributed by atoms with Crippen LogP contribution in [0.1, 0.15) is 24.1 Å². The molecule has 4 nitrogen and oxygen atoms in total. The van der Waals surface area contributed by atoms with Gasteiger partial charge in [0, 0.05) is 11.6 Å². The molecule has 102 valence electrons. The summed E-state index contributed by atoms with van der Waals surface area (Å²) < 4.78 is 5.58. The second-order valence-electron chi connectivity index (χ2n) is 4.32. The van der Waals surface area contributed by atoms with Gasteiger partial charge in [-0.3, -0.25) is 4.79 Å². The van der Waals surface area contributed by atoms with Gasteiger partial charge in [-0.15, -0.1) is 6.42 Å². The highest BCUT2D eigenvalue weighted by molar-refractivity contribution is 5.77. The number of nitrogens with one attached hydrogen (secondary N) is 2. The molecule has 1 atom stereocenters. The Bertz CT molecular complexity index is 478. The number of hydrogen-bond acceptors (Lipinski definition) is 3. The average Bonchev–Trinajstić information content (AvgIpc) is 2.42. The van der Waals surface area contributed by atoms with Crippen molar-refractivity contribution >= 4 is 5.91 Å². The maximum Gasteiger partial charge on any atom is 0.258 e. The van der Waals surface area contributed by atoms with Crippen LogP contribution in [-0.2, 0) is 4.79 Å². The monoisotopic (exact) mass is 260 g/mol. The van der Waals surface area contributed by atoms with Gasteiger partial charge in [0.2, 0.25) is 0 Å². The molecule has 0 aromatic heterocycles. The lowest BCUT2D eigenvalue weighted by Crippen LogP contribution is -2.29. The Morgan fingerprint density at radius 1 is 1.53 bits per heavy atom. The van der Waals surface area contributed by atoms with Crippen molar-refractivity contribution in [2.75, 3.05) is 20.2 Å². The van der Waals surface area contributed by atoms with Gasteiger partial charge in [0.05, 0.1) is 6.54 Å². The molecular formula is C15H20N2O2. The van der Waals surface area contributed by atoms with Crippen LogP contribution in [0.2, 0.25) is 0 Å². The molecule has 1 aromatic rings. The summed E-state index contributed by atoms with van der Waals surface area (Å²) in [5.41, 5.74) is 2.11. The summed E-state index contributed by atoms with van der Waals surface area (Å²) in [6, 6.07) is 6.11. The summed E-state index contributed by atoms with van der Waals surface area (Å²) in [6.45, 7) is 4.21. The number of ether oxygens (including phenoxy) is 1. The first-order chi connectivity index (χ1) is 9.08. The van der Waals surface area contributed by atoms with Gasteiger partial charge < -0.3 is 15.4 Å². The molecule has 1 unspecified atom stereocenters. The largest absolute Gasteiger partial charge is 0.483 e. The number of amides is 1. The van der Waals surface area contributed by atoms with E-state index in [-0.39, 0.29) is 25.1 Å². The third-order valence-electron chi connectivity index (χ3n) is 2.81. The number of benzene rings is 1. The van der Waals surface area contributed by atoms with E-state index in [1.807, 2.05) is 39.1 Å². The smallest absolute Gasteiger partial charge is 0.258 e. The van der Waals surface area contributed by atoms with Gasteiger partial charge in [-0.25, -0.2) is 0 Å². The van der Waals surface area contributed by atoms with Crippen LogP contribution in [0.15, 0.2) is 18.2 Å². The lowest BCUT2D eigenvalue weighted by atomic mass is 10.1. The van der Waals surface area contributed by atoms with E-state index in [1.165, 1.54) is 0 Å². The SMILES string of the molecule is C#CCNC(=O)COc1cc(C)ccc1C(C)NC. The third-order valence-corrected chi connectivity index (χ3v) is 2.81. The van der Waals surface area contributed by atoms with Gasteiger partial charge >= 0.3 is 0 Å². The van der Waals surface area contributed by atoms with E-state index in [0.717, 1.165) is 16.9 Å². The van der Waals surface area contributed by atoms with E-state index >= 15 is 0 Å². The molecule has 0 aliphatic heterocycles.